The maximum absolute atomic E-state index is 12.5. The first kappa shape index (κ1) is 26.0. The van der Waals surface area contributed by atoms with Gasteiger partial charge in [0.1, 0.15) is 17.6 Å². The SMILES string of the molecule is CC(C)C1COc2cccc(C(C(=O)O)N3CC[C@@H](OCCCCc4ccc5c(n4)NCCC5)C3)c2C1. The third-order valence-electron chi connectivity index (χ3n) is 8.23. The van der Waals surface area contributed by atoms with E-state index in [-0.39, 0.29) is 6.10 Å². The third kappa shape index (κ3) is 6.10. The number of nitrogens with one attached hydrogen (secondary N) is 1. The lowest BCUT2D eigenvalue weighted by atomic mass is 9.84. The molecule has 0 saturated carbocycles. The maximum Gasteiger partial charge on any atom is 0.325 e. The summed E-state index contributed by atoms with van der Waals surface area (Å²) in [6.45, 7) is 8.20. The first-order chi connectivity index (χ1) is 18.0. The summed E-state index contributed by atoms with van der Waals surface area (Å²) in [4.78, 5) is 19.3. The van der Waals surface area contributed by atoms with Crippen molar-refractivity contribution in [1.29, 1.82) is 0 Å². The standard InChI is InChI=1S/C30H41N3O4/c1-20(2)22-17-26-25(9-5-10-27(26)37-19-22)28(30(34)35)33-15-13-24(18-33)36-16-4-3-8-23-12-11-21-7-6-14-31-29(21)32-23/h5,9-12,20,22,24,28H,3-4,6-8,13-19H2,1-2H3,(H,31,32)(H,34,35)/t22?,24-,28?/m1/s1. The van der Waals surface area contributed by atoms with Gasteiger partial charge in [-0.25, -0.2) is 4.98 Å². The van der Waals surface area contributed by atoms with Crippen molar-refractivity contribution in [3.8, 4) is 5.75 Å². The van der Waals surface area contributed by atoms with E-state index in [0.29, 0.717) is 31.6 Å². The van der Waals surface area contributed by atoms with Crippen molar-refractivity contribution in [3.63, 3.8) is 0 Å². The van der Waals surface area contributed by atoms with Crippen LogP contribution in [0.2, 0.25) is 0 Å². The number of aryl methyl sites for hydroxylation is 2. The topological polar surface area (TPSA) is 83.9 Å². The smallest absolute Gasteiger partial charge is 0.325 e. The van der Waals surface area contributed by atoms with Gasteiger partial charge >= 0.3 is 5.97 Å². The van der Waals surface area contributed by atoms with Crippen molar-refractivity contribution in [3.05, 3.63) is 52.7 Å². The average molecular weight is 508 g/mol. The Bertz CT molecular complexity index is 1090. The van der Waals surface area contributed by atoms with Crippen LogP contribution in [0.25, 0.3) is 0 Å². The molecule has 0 bridgehead atoms. The van der Waals surface area contributed by atoms with Gasteiger partial charge in [-0.2, -0.15) is 0 Å². The predicted octanol–water partition coefficient (Wildman–Crippen LogP) is 4.89. The highest BCUT2D eigenvalue weighted by atomic mass is 16.5. The van der Waals surface area contributed by atoms with Crippen LogP contribution in [0.1, 0.15) is 68.0 Å². The summed E-state index contributed by atoms with van der Waals surface area (Å²) in [5.74, 6) is 2.01. The van der Waals surface area contributed by atoms with Gasteiger partial charge in [-0.1, -0.05) is 32.0 Å². The summed E-state index contributed by atoms with van der Waals surface area (Å²) < 4.78 is 12.2. The number of pyridine rings is 1. The average Bonchev–Trinajstić information content (AvgIpc) is 3.36. The van der Waals surface area contributed by atoms with E-state index in [1.807, 2.05) is 18.2 Å². The Morgan fingerprint density at radius 1 is 1.27 bits per heavy atom. The minimum atomic E-state index is -0.798. The van der Waals surface area contributed by atoms with E-state index in [2.05, 4.69) is 36.2 Å². The molecule has 1 aromatic heterocycles. The van der Waals surface area contributed by atoms with Gasteiger partial charge in [-0.15, -0.1) is 0 Å². The number of ether oxygens (including phenoxy) is 2. The molecule has 37 heavy (non-hydrogen) atoms. The molecule has 3 atom stereocenters. The van der Waals surface area contributed by atoms with Gasteiger partial charge in [0.2, 0.25) is 0 Å². The lowest BCUT2D eigenvalue weighted by Crippen LogP contribution is -2.35. The number of rotatable bonds is 10. The number of benzene rings is 1. The van der Waals surface area contributed by atoms with E-state index in [9.17, 15) is 9.90 Å². The van der Waals surface area contributed by atoms with E-state index >= 15 is 0 Å². The quantitative estimate of drug-likeness (QED) is 0.443. The van der Waals surface area contributed by atoms with E-state index in [1.54, 1.807) is 0 Å². The summed E-state index contributed by atoms with van der Waals surface area (Å²) in [5, 5.41) is 13.7. The van der Waals surface area contributed by atoms with Crippen LogP contribution in [-0.4, -0.2) is 59.9 Å². The molecule has 0 spiro atoms. The van der Waals surface area contributed by atoms with Crippen molar-refractivity contribution in [2.24, 2.45) is 11.8 Å². The Balaban J connectivity index is 1.13. The Morgan fingerprint density at radius 2 is 2.16 bits per heavy atom. The van der Waals surface area contributed by atoms with Gasteiger partial charge in [0.25, 0.3) is 0 Å². The number of carboxylic acid groups (broad SMARTS) is 1. The van der Waals surface area contributed by atoms with Crippen LogP contribution in [0.4, 0.5) is 5.82 Å². The van der Waals surface area contributed by atoms with Crippen LogP contribution in [0.5, 0.6) is 5.75 Å². The lowest BCUT2D eigenvalue weighted by Gasteiger charge is -2.32. The van der Waals surface area contributed by atoms with Gasteiger partial charge in [-0.3, -0.25) is 9.69 Å². The van der Waals surface area contributed by atoms with Crippen molar-refractivity contribution in [1.82, 2.24) is 9.88 Å². The van der Waals surface area contributed by atoms with Crippen LogP contribution in [-0.2, 0) is 28.8 Å². The second-order valence-corrected chi connectivity index (χ2v) is 11.2. The fraction of sp³-hybridized carbons (Fsp3) is 0.600. The number of nitrogens with zero attached hydrogens (tertiary/aromatic N) is 2. The fourth-order valence-corrected chi connectivity index (χ4v) is 5.92. The highest BCUT2D eigenvalue weighted by Crippen LogP contribution is 2.38. The van der Waals surface area contributed by atoms with Crippen LogP contribution >= 0.6 is 0 Å². The van der Waals surface area contributed by atoms with Crippen LogP contribution < -0.4 is 10.1 Å². The molecular weight excluding hydrogens is 466 g/mol. The van der Waals surface area contributed by atoms with E-state index in [4.69, 9.17) is 14.5 Å². The van der Waals surface area contributed by atoms with Gasteiger partial charge < -0.3 is 19.9 Å². The third-order valence-corrected chi connectivity index (χ3v) is 8.23. The second-order valence-electron chi connectivity index (χ2n) is 11.2. The van der Waals surface area contributed by atoms with Gasteiger partial charge in [0, 0.05) is 31.9 Å². The highest BCUT2D eigenvalue weighted by Gasteiger charge is 2.37. The number of aromatic nitrogens is 1. The van der Waals surface area contributed by atoms with Crippen molar-refractivity contribution in [2.45, 2.75) is 70.9 Å². The van der Waals surface area contributed by atoms with Gasteiger partial charge in [0.05, 0.1) is 12.7 Å². The van der Waals surface area contributed by atoms with Crippen LogP contribution in [0.3, 0.4) is 0 Å². The molecule has 1 saturated heterocycles. The summed E-state index contributed by atoms with van der Waals surface area (Å²) in [6.07, 6.45) is 7.07. The molecule has 4 heterocycles. The Labute approximate surface area is 220 Å². The molecular formula is C30H41N3O4. The number of unbranched alkanes of at least 4 members (excludes halogenated alkanes) is 1. The Kier molecular flexibility index (Phi) is 8.30. The zero-order chi connectivity index (χ0) is 25.8. The normalized spacial score (nSPS) is 22.1. The van der Waals surface area contributed by atoms with Crippen LogP contribution in [0, 0.1) is 11.8 Å². The van der Waals surface area contributed by atoms with Crippen LogP contribution in [0.15, 0.2) is 30.3 Å². The molecule has 0 radical (unpaired) electrons. The largest absolute Gasteiger partial charge is 0.493 e. The summed E-state index contributed by atoms with van der Waals surface area (Å²) in [5.41, 5.74) is 4.41. The molecule has 1 fully saturated rings. The summed E-state index contributed by atoms with van der Waals surface area (Å²) in [7, 11) is 0. The molecule has 3 aliphatic rings. The number of carboxylic acids is 1. The first-order valence-corrected chi connectivity index (χ1v) is 14.1. The van der Waals surface area contributed by atoms with Crippen molar-refractivity contribution < 1.29 is 19.4 Å². The number of fused-ring (bicyclic) bond motifs is 2. The predicted molar refractivity (Wildman–Crippen MR) is 144 cm³/mol. The van der Waals surface area contributed by atoms with Gasteiger partial charge in [0.15, 0.2) is 0 Å². The minimum absolute atomic E-state index is 0.0760. The highest BCUT2D eigenvalue weighted by molar-refractivity contribution is 5.76. The molecule has 0 amide bonds. The first-order valence-electron chi connectivity index (χ1n) is 14.1. The van der Waals surface area contributed by atoms with Crippen molar-refractivity contribution in [2.75, 3.05) is 38.2 Å². The molecule has 2 unspecified atom stereocenters. The monoisotopic (exact) mass is 507 g/mol. The second kappa shape index (κ2) is 11.8. The summed E-state index contributed by atoms with van der Waals surface area (Å²) >= 11 is 0. The number of aliphatic carboxylic acids is 1. The number of anilines is 1. The van der Waals surface area contributed by atoms with E-state index in [0.717, 1.165) is 80.0 Å². The molecule has 7 heteroatoms. The Hall–Kier alpha value is -2.64. The molecule has 3 aliphatic heterocycles. The molecule has 0 aliphatic carbocycles. The molecule has 5 rings (SSSR count). The number of likely N-dealkylation sites (tertiary alicyclic amines) is 1. The van der Waals surface area contributed by atoms with E-state index in [1.165, 1.54) is 12.0 Å². The number of hydrogen-bond donors (Lipinski definition) is 2. The zero-order valence-corrected chi connectivity index (χ0v) is 22.2. The molecule has 200 valence electrons. The van der Waals surface area contributed by atoms with Crippen molar-refractivity contribution >= 4 is 11.8 Å². The summed E-state index contributed by atoms with van der Waals surface area (Å²) in [6, 6.07) is 9.58. The lowest BCUT2D eigenvalue weighted by molar-refractivity contribution is -0.143. The zero-order valence-electron chi connectivity index (χ0n) is 22.2. The minimum Gasteiger partial charge on any atom is -0.493 e. The maximum atomic E-state index is 12.5. The number of carbonyl (C=O) groups is 1. The number of hydrogen-bond acceptors (Lipinski definition) is 6. The molecule has 1 aromatic carbocycles. The van der Waals surface area contributed by atoms with E-state index < -0.39 is 12.0 Å². The molecule has 2 N–H and O–H groups in total. The molecule has 2 aromatic rings. The fourth-order valence-electron chi connectivity index (χ4n) is 5.92. The Morgan fingerprint density at radius 3 is 3.00 bits per heavy atom. The van der Waals surface area contributed by atoms with Gasteiger partial charge in [-0.05, 0) is 85.6 Å². The molecule has 7 nitrogen and oxygen atoms in total.